The van der Waals surface area contributed by atoms with E-state index in [1.165, 1.54) is 12.1 Å². The number of pyridine rings is 1. The molecular formula is C15H12F3N3O. The molecule has 22 heavy (non-hydrogen) atoms. The number of ether oxygens (including phenoxy) is 1. The lowest BCUT2D eigenvalue weighted by atomic mass is 10.1. The van der Waals surface area contributed by atoms with Gasteiger partial charge in [0.25, 0.3) is 0 Å². The minimum Gasteiger partial charge on any atom is -0.497 e. The van der Waals surface area contributed by atoms with Crippen LogP contribution in [-0.2, 0) is 12.6 Å². The van der Waals surface area contributed by atoms with Crippen molar-refractivity contribution in [1.82, 2.24) is 14.6 Å². The Labute approximate surface area is 124 Å². The van der Waals surface area contributed by atoms with Crippen molar-refractivity contribution in [2.75, 3.05) is 7.11 Å². The van der Waals surface area contributed by atoms with E-state index in [0.717, 1.165) is 17.7 Å². The highest BCUT2D eigenvalue weighted by Gasteiger charge is 2.29. The molecule has 0 saturated carbocycles. The fourth-order valence-corrected chi connectivity index (χ4v) is 2.10. The average molecular weight is 307 g/mol. The van der Waals surface area contributed by atoms with Crippen LogP contribution < -0.4 is 4.74 Å². The lowest BCUT2D eigenvalue weighted by Gasteiger charge is -2.06. The summed E-state index contributed by atoms with van der Waals surface area (Å²) in [5.41, 5.74) is 0.682. The van der Waals surface area contributed by atoms with Crippen molar-refractivity contribution in [1.29, 1.82) is 0 Å². The van der Waals surface area contributed by atoms with E-state index in [1.54, 1.807) is 30.0 Å². The van der Waals surface area contributed by atoms with Gasteiger partial charge in [0, 0.05) is 18.7 Å². The SMILES string of the molecule is COc1ccn2nc(Cc3ccc(C(F)(F)F)cc3)nc2c1. The normalized spacial score (nSPS) is 11.8. The summed E-state index contributed by atoms with van der Waals surface area (Å²) in [4.78, 5) is 4.34. The molecule has 114 valence electrons. The molecule has 7 heteroatoms. The predicted octanol–water partition coefficient (Wildman–Crippen LogP) is 3.35. The monoisotopic (exact) mass is 307 g/mol. The largest absolute Gasteiger partial charge is 0.497 e. The average Bonchev–Trinajstić information content (AvgIpc) is 2.88. The second-order valence-electron chi connectivity index (χ2n) is 4.77. The van der Waals surface area contributed by atoms with Gasteiger partial charge in [0.2, 0.25) is 0 Å². The molecule has 0 aliphatic rings. The quantitative estimate of drug-likeness (QED) is 0.745. The molecule has 0 saturated heterocycles. The van der Waals surface area contributed by atoms with E-state index < -0.39 is 11.7 Å². The summed E-state index contributed by atoms with van der Waals surface area (Å²) in [6.45, 7) is 0. The third-order valence-electron chi connectivity index (χ3n) is 3.23. The fourth-order valence-electron chi connectivity index (χ4n) is 2.10. The predicted molar refractivity (Wildman–Crippen MR) is 73.8 cm³/mol. The van der Waals surface area contributed by atoms with Crippen LogP contribution in [0.4, 0.5) is 13.2 Å². The maximum Gasteiger partial charge on any atom is 0.416 e. The van der Waals surface area contributed by atoms with Crippen LogP contribution >= 0.6 is 0 Å². The van der Waals surface area contributed by atoms with Gasteiger partial charge >= 0.3 is 6.18 Å². The van der Waals surface area contributed by atoms with Gasteiger partial charge in [-0.05, 0) is 23.8 Å². The summed E-state index contributed by atoms with van der Waals surface area (Å²) in [6.07, 6.45) is -2.24. The van der Waals surface area contributed by atoms with Crippen molar-refractivity contribution in [3.05, 3.63) is 59.5 Å². The molecule has 0 aliphatic carbocycles. The van der Waals surface area contributed by atoms with Crippen LogP contribution in [-0.4, -0.2) is 21.7 Å². The van der Waals surface area contributed by atoms with Gasteiger partial charge in [-0.15, -0.1) is 0 Å². The van der Waals surface area contributed by atoms with Crippen LogP contribution in [0.25, 0.3) is 5.65 Å². The smallest absolute Gasteiger partial charge is 0.416 e. The van der Waals surface area contributed by atoms with E-state index >= 15 is 0 Å². The molecule has 0 aliphatic heterocycles. The van der Waals surface area contributed by atoms with Gasteiger partial charge in [0.1, 0.15) is 5.75 Å². The lowest BCUT2D eigenvalue weighted by molar-refractivity contribution is -0.137. The zero-order valence-electron chi connectivity index (χ0n) is 11.6. The number of alkyl halides is 3. The number of methoxy groups -OCH3 is 1. The molecule has 2 aromatic heterocycles. The number of benzene rings is 1. The minimum absolute atomic E-state index is 0.363. The second kappa shape index (κ2) is 5.32. The fraction of sp³-hybridized carbons (Fsp3) is 0.200. The molecule has 1 aromatic carbocycles. The van der Waals surface area contributed by atoms with Gasteiger partial charge in [-0.2, -0.15) is 18.3 Å². The summed E-state index contributed by atoms with van der Waals surface area (Å²) < 4.78 is 44.3. The van der Waals surface area contributed by atoms with E-state index in [1.807, 2.05) is 0 Å². The van der Waals surface area contributed by atoms with Crippen molar-refractivity contribution < 1.29 is 17.9 Å². The zero-order chi connectivity index (χ0) is 15.7. The summed E-state index contributed by atoms with van der Waals surface area (Å²) in [5, 5.41) is 4.28. The molecule has 0 fully saturated rings. The summed E-state index contributed by atoms with van der Waals surface area (Å²) in [5.74, 6) is 1.20. The summed E-state index contributed by atoms with van der Waals surface area (Å²) in [6, 6.07) is 8.50. The molecule has 0 bridgehead atoms. The van der Waals surface area contributed by atoms with Crippen LogP contribution in [0.3, 0.4) is 0 Å². The van der Waals surface area contributed by atoms with Crippen molar-refractivity contribution in [3.63, 3.8) is 0 Å². The topological polar surface area (TPSA) is 39.4 Å². The molecule has 0 atom stereocenters. The highest BCUT2D eigenvalue weighted by Crippen LogP contribution is 2.29. The molecule has 4 nitrogen and oxygen atoms in total. The van der Waals surface area contributed by atoms with Crippen LogP contribution in [0.2, 0.25) is 0 Å². The van der Waals surface area contributed by atoms with Crippen LogP contribution in [0.5, 0.6) is 5.75 Å². The summed E-state index contributed by atoms with van der Waals surface area (Å²) in [7, 11) is 1.56. The van der Waals surface area contributed by atoms with E-state index in [9.17, 15) is 13.2 Å². The van der Waals surface area contributed by atoms with Gasteiger partial charge in [-0.3, -0.25) is 0 Å². The van der Waals surface area contributed by atoms with Gasteiger partial charge in [0.05, 0.1) is 12.7 Å². The first kappa shape index (κ1) is 14.4. The van der Waals surface area contributed by atoms with Gasteiger partial charge < -0.3 is 4.74 Å². The maximum absolute atomic E-state index is 12.5. The Bertz CT molecular complexity index is 794. The van der Waals surface area contributed by atoms with E-state index in [4.69, 9.17) is 4.74 Å². The first-order valence-electron chi connectivity index (χ1n) is 6.51. The first-order chi connectivity index (χ1) is 10.5. The Kier molecular flexibility index (Phi) is 3.48. The van der Waals surface area contributed by atoms with Crippen molar-refractivity contribution in [2.24, 2.45) is 0 Å². The lowest BCUT2D eigenvalue weighted by Crippen LogP contribution is -2.04. The maximum atomic E-state index is 12.5. The Morgan fingerprint density at radius 3 is 2.50 bits per heavy atom. The second-order valence-corrected chi connectivity index (χ2v) is 4.77. The third-order valence-corrected chi connectivity index (χ3v) is 3.23. The molecule has 3 rings (SSSR count). The highest BCUT2D eigenvalue weighted by atomic mass is 19.4. The van der Waals surface area contributed by atoms with Crippen molar-refractivity contribution in [2.45, 2.75) is 12.6 Å². The molecule has 3 aromatic rings. The molecule has 2 heterocycles. The van der Waals surface area contributed by atoms with Crippen LogP contribution in [0, 0.1) is 0 Å². The number of fused-ring (bicyclic) bond motifs is 1. The number of rotatable bonds is 3. The highest BCUT2D eigenvalue weighted by molar-refractivity contribution is 5.43. The number of nitrogens with zero attached hydrogens (tertiary/aromatic N) is 3. The van der Waals surface area contributed by atoms with Gasteiger partial charge in [-0.1, -0.05) is 12.1 Å². The van der Waals surface area contributed by atoms with E-state index in [-0.39, 0.29) is 0 Å². The standard InChI is InChI=1S/C15H12F3N3O/c1-22-12-6-7-21-14(9-12)19-13(20-21)8-10-2-4-11(5-3-10)15(16,17)18/h2-7,9H,8H2,1H3. The Hall–Kier alpha value is -2.57. The number of aromatic nitrogens is 3. The van der Waals surface area contributed by atoms with Crippen LogP contribution in [0.15, 0.2) is 42.6 Å². The number of hydrogen-bond acceptors (Lipinski definition) is 3. The minimum atomic E-state index is -4.32. The Morgan fingerprint density at radius 2 is 1.86 bits per heavy atom. The molecule has 0 unspecified atom stereocenters. The number of hydrogen-bond donors (Lipinski definition) is 0. The Balaban J connectivity index is 1.83. The van der Waals surface area contributed by atoms with Gasteiger partial charge in [-0.25, -0.2) is 9.50 Å². The van der Waals surface area contributed by atoms with Crippen molar-refractivity contribution in [3.8, 4) is 5.75 Å². The molecular weight excluding hydrogens is 295 g/mol. The molecule has 0 amide bonds. The Morgan fingerprint density at radius 1 is 1.14 bits per heavy atom. The third kappa shape index (κ3) is 2.88. The van der Waals surface area contributed by atoms with E-state index in [2.05, 4.69) is 10.1 Å². The molecule has 0 radical (unpaired) electrons. The zero-order valence-corrected chi connectivity index (χ0v) is 11.6. The van der Waals surface area contributed by atoms with Gasteiger partial charge in [0.15, 0.2) is 11.5 Å². The van der Waals surface area contributed by atoms with E-state index in [0.29, 0.717) is 23.6 Å². The summed E-state index contributed by atoms with van der Waals surface area (Å²) >= 11 is 0. The van der Waals surface area contributed by atoms with Crippen LogP contribution in [0.1, 0.15) is 17.0 Å². The number of halogens is 3. The molecule has 0 spiro atoms. The first-order valence-corrected chi connectivity index (χ1v) is 6.51. The van der Waals surface area contributed by atoms with Crippen molar-refractivity contribution >= 4 is 5.65 Å². The molecule has 0 N–H and O–H groups in total.